The molecule has 0 radical (unpaired) electrons. The number of primary amides is 1. The summed E-state index contributed by atoms with van der Waals surface area (Å²) in [6.07, 6.45) is 0.846. The molecule has 2 aromatic heterocycles. The first-order chi connectivity index (χ1) is 19.8. The first-order valence-corrected chi connectivity index (χ1v) is 14.7. The second-order valence-corrected chi connectivity index (χ2v) is 12.0. The van der Waals surface area contributed by atoms with Gasteiger partial charge in [0.1, 0.15) is 17.3 Å². The minimum absolute atomic E-state index is 0.0223. The SMILES string of the molecule is Cn1nc(NS(C)(=O)=O)c2cccc(-c3ccc(C#CC4(O)COC4)nc3[C@H](CC(N)=O)Cc3cc(F)cc(F)c3)c21. The van der Waals surface area contributed by atoms with Gasteiger partial charge in [-0.1, -0.05) is 18.1 Å². The van der Waals surface area contributed by atoms with Crippen molar-refractivity contribution >= 4 is 32.7 Å². The number of ether oxygens (including phenoxy) is 1. The van der Waals surface area contributed by atoms with Crippen molar-refractivity contribution in [2.24, 2.45) is 12.8 Å². The number of carbonyl (C=O) groups is 1. The van der Waals surface area contributed by atoms with E-state index in [9.17, 15) is 27.1 Å². The van der Waals surface area contributed by atoms with Gasteiger partial charge in [-0.2, -0.15) is 5.10 Å². The Morgan fingerprint density at radius 1 is 1.19 bits per heavy atom. The van der Waals surface area contributed by atoms with E-state index in [-0.39, 0.29) is 37.6 Å². The summed E-state index contributed by atoms with van der Waals surface area (Å²) in [5.74, 6) is 2.83. The topological polar surface area (TPSA) is 149 Å². The predicted octanol–water partition coefficient (Wildman–Crippen LogP) is 2.60. The Bertz CT molecular complexity index is 1860. The lowest BCUT2D eigenvalue weighted by atomic mass is 9.87. The van der Waals surface area contributed by atoms with Crippen molar-refractivity contribution in [1.29, 1.82) is 0 Å². The molecule has 5 rings (SSSR count). The largest absolute Gasteiger partial charge is 0.373 e. The Balaban J connectivity index is 1.70. The van der Waals surface area contributed by atoms with Crippen molar-refractivity contribution in [3.63, 3.8) is 0 Å². The van der Waals surface area contributed by atoms with Gasteiger partial charge in [-0.3, -0.25) is 14.2 Å². The Morgan fingerprint density at radius 3 is 2.52 bits per heavy atom. The highest BCUT2D eigenvalue weighted by molar-refractivity contribution is 7.92. The Morgan fingerprint density at radius 2 is 1.90 bits per heavy atom. The molecule has 0 unspecified atom stereocenters. The van der Waals surface area contributed by atoms with Gasteiger partial charge < -0.3 is 15.6 Å². The second-order valence-electron chi connectivity index (χ2n) is 10.3. The lowest BCUT2D eigenvalue weighted by Crippen LogP contribution is -2.48. The average molecular weight is 596 g/mol. The number of nitrogens with zero attached hydrogens (tertiary/aromatic N) is 3. The van der Waals surface area contributed by atoms with Crippen LogP contribution in [0, 0.1) is 23.5 Å². The second kappa shape index (κ2) is 11.1. The number of nitrogens with one attached hydrogen (secondary N) is 1. The number of hydrogen-bond donors (Lipinski definition) is 3. The van der Waals surface area contributed by atoms with E-state index in [1.165, 1.54) is 16.8 Å². The molecule has 1 aliphatic rings. The highest BCUT2D eigenvalue weighted by Gasteiger charge is 2.34. The summed E-state index contributed by atoms with van der Waals surface area (Å²) < 4.78 is 61.1. The summed E-state index contributed by atoms with van der Waals surface area (Å²) in [5, 5.41) is 15.2. The van der Waals surface area contributed by atoms with E-state index in [1.54, 1.807) is 37.4 Å². The van der Waals surface area contributed by atoms with Gasteiger partial charge in [-0.15, -0.1) is 0 Å². The van der Waals surface area contributed by atoms with E-state index in [0.29, 0.717) is 33.3 Å². The van der Waals surface area contributed by atoms with Gasteiger partial charge in [0.05, 0.1) is 30.7 Å². The van der Waals surface area contributed by atoms with Crippen molar-refractivity contribution in [3.8, 4) is 23.0 Å². The number of benzene rings is 2. The fourth-order valence-electron chi connectivity index (χ4n) is 4.96. The molecular weight excluding hydrogens is 568 g/mol. The molecule has 1 saturated heterocycles. The van der Waals surface area contributed by atoms with Crippen LogP contribution in [0.1, 0.15) is 29.3 Å². The van der Waals surface area contributed by atoms with Crippen molar-refractivity contribution in [2.75, 3.05) is 24.2 Å². The van der Waals surface area contributed by atoms with Crippen LogP contribution < -0.4 is 10.5 Å². The van der Waals surface area contributed by atoms with E-state index < -0.39 is 39.1 Å². The highest BCUT2D eigenvalue weighted by atomic mass is 32.2. The molecule has 1 fully saturated rings. The Hall–Kier alpha value is -4.38. The number of halogens is 2. The molecule has 218 valence electrons. The molecule has 1 amide bonds. The van der Waals surface area contributed by atoms with Gasteiger partial charge in [0.25, 0.3) is 0 Å². The van der Waals surface area contributed by atoms with Crippen LogP contribution in [-0.2, 0) is 33.0 Å². The molecule has 0 saturated carbocycles. The zero-order chi connectivity index (χ0) is 30.2. The highest BCUT2D eigenvalue weighted by Crippen LogP contribution is 2.38. The van der Waals surface area contributed by atoms with Crippen LogP contribution in [-0.4, -0.2) is 59.3 Å². The molecule has 0 aliphatic carbocycles. The summed E-state index contributed by atoms with van der Waals surface area (Å²) in [6.45, 7) is 0.124. The fraction of sp³-hybridized carbons (Fsp3) is 0.276. The number of aliphatic hydroxyl groups is 1. The number of para-hydroxylation sites is 1. The minimum Gasteiger partial charge on any atom is -0.373 e. The van der Waals surface area contributed by atoms with Crippen LogP contribution in [0.3, 0.4) is 0 Å². The van der Waals surface area contributed by atoms with E-state index in [1.807, 2.05) is 0 Å². The third kappa shape index (κ3) is 6.41. The summed E-state index contributed by atoms with van der Waals surface area (Å²) in [4.78, 5) is 17.0. The van der Waals surface area contributed by atoms with Gasteiger partial charge in [0, 0.05) is 42.0 Å². The lowest BCUT2D eigenvalue weighted by molar-refractivity contribution is -0.140. The number of fused-ring (bicyclic) bond motifs is 1. The molecule has 1 atom stereocenters. The maximum atomic E-state index is 14.1. The van der Waals surface area contributed by atoms with Crippen LogP contribution in [0.25, 0.3) is 22.0 Å². The van der Waals surface area contributed by atoms with Crippen LogP contribution in [0.15, 0.2) is 48.5 Å². The van der Waals surface area contributed by atoms with E-state index in [0.717, 1.165) is 12.3 Å². The lowest BCUT2D eigenvalue weighted by Gasteiger charge is -2.30. The van der Waals surface area contributed by atoms with Crippen LogP contribution in [0.5, 0.6) is 0 Å². The molecule has 42 heavy (non-hydrogen) atoms. The van der Waals surface area contributed by atoms with Crippen molar-refractivity contribution in [1.82, 2.24) is 14.8 Å². The van der Waals surface area contributed by atoms with Crippen LogP contribution in [0.4, 0.5) is 14.6 Å². The number of rotatable bonds is 8. The zero-order valence-electron chi connectivity index (χ0n) is 22.7. The first-order valence-electron chi connectivity index (χ1n) is 12.8. The monoisotopic (exact) mass is 595 g/mol. The molecule has 13 heteroatoms. The first kappa shape index (κ1) is 29.1. The number of amides is 1. The smallest absolute Gasteiger partial charge is 0.231 e. The normalized spacial score (nSPS) is 15.0. The van der Waals surface area contributed by atoms with Gasteiger partial charge in [0.2, 0.25) is 15.9 Å². The van der Waals surface area contributed by atoms with E-state index >= 15 is 0 Å². The number of carbonyl (C=O) groups excluding carboxylic acids is 1. The Labute approximate surface area is 240 Å². The molecule has 10 nitrogen and oxygen atoms in total. The third-order valence-corrected chi connectivity index (χ3v) is 7.27. The molecular formula is C29H27F2N5O5S. The van der Waals surface area contributed by atoms with E-state index in [4.69, 9.17) is 15.5 Å². The molecule has 4 N–H and O–H groups in total. The molecule has 4 aromatic rings. The number of hydrogen-bond acceptors (Lipinski definition) is 7. The van der Waals surface area contributed by atoms with Gasteiger partial charge >= 0.3 is 0 Å². The molecule has 2 aromatic carbocycles. The van der Waals surface area contributed by atoms with Crippen molar-refractivity contribution in [2.45, 2.75) is 24.4 Å². The minimum atomic E-state index is -3.63. The summed E-state index contributed by atoms with van der Waals surface area (Å²) in [6, 6.07) is 11.7. The van der Waals surface area contributed by atoms with Gasteiger partial charge in [-0.05, 0) is 48.2 Å². The third-order valence-electron chi connectivity index (χ3n) is 6.71. The maximum Gasteiger partial charge on any atom is 0.231 e. The average Bonchev–Trinajstić information content (AvgIpc) is 3.18. The van der Waals surface area contributed by atoms with Gasteiger partial charge in [0.15, 0.2) is 11.4 Å². The number of aryl methyl sites for hydroxylation is 1. The van der Waals surface area contributed by atoms with Crippen LogP contribution >= 0.6 is 0 Å². The molecule has 0 bridgehead atoms. The quantitative estimate of drug-likeness (QED) is 0.265. The number of aromatic nitrogens is 3. The Kier molecular flexibility index (Phi) is 7.72. The molecule has 3 heterocycles. The number of anilines is 1. The number of sulfonamides is 1. The standard InChI is InChI=1S/C29H27F2N5O5S/c1-36-27-23(4-3-5-24(27)28(34-36)35-42(2,39)40)22-7-6-21(8-9-29(38)15-41-16-29)33-26(22)18(13-25(32)37)10-17-11-19(30)14-20(31)12-17/h3-7,11-12,14,18,38H,10,13,15-16H2,1-2H3,(H2,32,37)(H,34,35)/t18-/m0/s1. The zero-order valence-corrected chi connectivity index (χ0v) is 23.5. The summed E-state index contributed by atoms with van der Waals surface area (Å²) >= 11 is 0. The number of pyridine rings is 1. The molecule has 1 aliphatic heterocycles. The van der Waals surface area contributed by atoms with Gasteiger partial charge in [-0.25, -0.2) is 22.2 Å². The predicted molar refractivity (Wildman–Crippen MR) is 152 cm³/mol. The summed E-state index contributed by atoms with van der Waals surface area (Å²) in [7, 11) is -1.97. The van der Waals surface area contributed by atoms with E-state index in [2.05, 4.69) is 21.7 Å². The summed E-state index contributed by atoms with van der Waals surface area (Å²) in [5.41, 5.74) is 7.00. The molecule has 0 spiro atoms. The fourth-order valence-corrected chi connectivity index (χ4v) is 5.46. The van der Waals surface area contributed by atoms with Crippen molar-refractivity contribution < 1.29 is 31.8 Å². The van der Waals surface area contributed by atoms with Crippen molar-refractivity contribution in [3.05, 3.63) is 77.1 Å². The number of nitrogens with two attached hydrogens (primary N) is 1. The van der Waals surface area contributed by atoms with Crippen LogP contribution in [0.2, 0.25) is 0 Å². The maximum absolute atomic E-state index is 14.1.